The van der Waals surface area contributed by atoms with Crippen LogP contribution in [-0.4, -0.2) is 82.7 Å². The van der Waals surface area contributed by atoms with E-state index in [-0.39, 0.29) is 69.7 Å². The molecule has 0 spiro atoms. The van der Waals surface area contributed by atoms with Gasteiger partial charge >= 0.3 is 6.09 Å². The van der Waals surface area contributed by atoms with Crippen molar-refractivity contribution < 1.29 is 48.6 Å². The van der Waals surface area contributed by atoms with Gasteiger partial charge in [-0.05, 0) is 107 Å². The number of nitrogens with zero attached hydrogens (tertiary/aromatic N) is 2. The molecule has 2 aliphatic heterocycles. The van der Waals surface area contributed by atoms with E-state index in [1.165, 1.54) is 0 Å². The number of phenols is 1. The van der Waals surface area contributed by atoms with Crippen LogP contribution in [0.5, 0.6) is 23.0 Å². The van der Waals surface area contributed by atoms with Gasteiger partial charge in [0.05, 0.1) is 24.8 Å². The largest absolute Gasteiger partial charge is 0.508 e. The summed E-state index contributed by atoms with van der Waals surface area (Å²) in [4.78, 5) is 22.2. The molecule has 12 nitrogen and oxygen atoms in total. The van der Waals surface area contributed by atoms with E-state index in [1.54, 1.807) is 36.1 Å². The van der Waals surface area contributed by atoms with Gasteiger partial charge in [-0.2, -0.15) is 0 Å². The number of benzene rings is 2. The number of unbranched alkanes of at least 4 members (excludes halogenated alkanes) is 2. The third kappa shape index (κ3) is 8.21. The molecule has 2 aliphatic carbocycles. The minimum atomic E-state index is -1.45. The van der Waals surface area contributed by atoms with Crippen molar-refractivity contribution >= 4 is 11.8 Å². The molecule has 0 aromatic heterocycles. The summed E-state index contributed by atoms with van der Waals surface area (Å²) >= 11 is 0. The number of amides is 1. The van der Waals surface area contributed by atoms with Crippen LogP contribution in [0.4, 0.5) is 4.79 Å². The monoisotopic (exact) mass is 748 g/mol. The number of hydrogen-bond donors (Lipinski definition) is 3. The van der Waals surface area contributed by atoms with Crippen molar-refractivity contribution in [3.05, 3.63) is 71.8 Å². The van der Waals surface area contributed by atoms with Crippen LogP contribution in [0, 0.1) is 17.8 Å². The third-order valence-electron chi connectivity index (χ3n) is 10.8. The molecule has 12 heteroatoms. The van der Waals surface area contributed by atoms with Gasteiger partial charge in [0.15, 0.2) is 11.5 Å². The molecule has 54 heavy (non-hydrogen) atoms. The summed E-state index contributed by atoms with van der Waals surface area (Å²) in [6.45, 7) is 12.3. The predicted octanol–water partition coefficient (Wildman–Crippen LogP) is 7.21. The van der Waals surface area contributed by atoms with Gasteiger partial charge in [-0.15, -0.1) is 6.58 Å². The van der Waals surface area contributed by atoms with Crippen LogP contribution in [0.2, 0.25) is 0 Å². The summed E-state index contributed by atoms with van der Waals surface area (Å²) in [5, 5.41) is 35.4. The molecule has 0 radical (unpaired) electrons. The molecule has 6 atom stereocenters. The van der Waals surface area contributed by atoms with E-state index >= 15 is 0 Å². The van der Waals surface area contributed by atoms with Crippen molar-refractivity contribution in [1.29, 1.82) is 0 Å². The number of oxime groups is 1. The Morgan fingerprint density at radius 3 is 2.50 bits per heavy atom. The fourth-order valence-corrected chi connectivity index (χ4v) is 8.59. The molecule has 1 saturated carbocycles. The lowest BCUT2D eigenvalue weighted by Gasteiger charge is -2.59. The Kier molecular flexibility index (Phi) is 12.4. The molecular weight excluding hydrogens is 692 g/mol. The molecule has 1 amide bonds. The van der Waals surface area contributed by atoms with Crippen molar-refractivity contribution in [1.82, 2.24) is 4.90 Å². The van der Waals surface area contributed by atoms with Crippen molar-refractivity contribution in [3.63, 3.8) is 0 Å². The zero-order valence-corrected chi connectivity index (χ0v) is 32.0. The maximum Gasteiger partial charge on any atom is 0.410 e. The Morgan fingerprint density at radius 2 is 1.78 bits per heavy atom. The first-order chi connectivity index (χ1) is 26.0. The smallest absolute Gasteiger partial charge is 0.410 e. The average Bonchev–Trinajstić information content (AvgIpc) is 3.62. The number of aliphatic hydroxyl groups is 2. The Labute approximate surface area is 318 Å². The number of aromatic hydroxyl groups is 1. The predicted molar refractivity (Wildman–Crippen MR) is 203 cm³/mol. The van der Waals surface area contributed by atoms with Gasteiger partial charge in [0.2, 0.25) is 12.6 Å². The first-order valence-electron chi connectivity index (χ1n) is 19.3. The lowest BCUT2D eigenvalue weighted by molar-refractivity contribution is -0.256. The van der Waals surface area contributed by atoms with Crippen LogP contribution in [0.25, 0.3) is 0 Å². The summed E-state index contributed by atoms with van der Waals surface area (Å²) < 4.78 is 31.2. The molecule has 3 N–H and O–H groups in total. The Morgan fingerprint density at radius 1 is 1.04 bits per heavy atom. The minimum Gasteiger partial charge on any atom is -0.508 e. The number of phenolic OH excluding ortho intramolecular Hbond substituents is 1. The summed E-state index contributed by atoms with van der Waals surface area (Å²) in [5.41, 5.74) is 2.63. The lowest BCUT2D eigenvalue weighted by atomic mass is 9.55. The maximum atomic E-state index is 14.3. The molecule has 2 aromatic rings. The highest BCUT2D eigenvalue weighted by molar-refractivity contribution is 6.03. The van der Waals surface area contributed by atoms with Crippen LogP contribution < -0.4 is 14.2 Å². The first kappa shape index (κ1) is 39.4. The van der Waals surface area contributed by atoms with Crippen LogP contribution in [0.3, 0.4) is 0 Å². The molecule has 0 saturated heterocycles. The molecule has 0 bridgehead atoms. The van der Waals surface area contributed by atoms with Gasteiger partial charge in [-0.25, -0.2) is 4.79 Å². The SMILES string of the molecule is C=CCO[C@@]12Oc3ccc(O)cc3[C@H]3[C@H](CCCCO)[C@@H](CCCCO)C=C(C(=NOC(C)(C)C)C[C@@H]1N(Cc1ccc4c(c1)OCO4)C(=O)OCC)[C@H]32. The van der Waals surface area contributed by atoms with Gasteiger partial charge < -0.3 is 43.8 Å². The molecule has 6 rings (SSSR count). The third-order valence-corrected chi connectivity index (χ3v) is 10.8. The molecule has 1 fully saturated rings. The molecule has 0 unspecified atom stereocenters. The molecule has 2 heterocycles. The second-order valence-corrected chi connectivity index (χ2v) is 15.5. The van der Waals surface area contributed by atoms with Gasteiger partial charge in [0.1, 0.15) is 23.1 Å². The van der Waals surface area contributed by atoms with E-state index in [9.17, 15) is 20.1 Å². The number of carbonyl (C=O) groups is 1. The highest BCUT2D eigenvalue weighted by Gasteiger charge is 2.65. The number of fused-ring (bicyclic) bond motifs is 3. The standard InChI is InChI=1S/C42H56N2O10/c1-6-20-52-42-37(44(40(48)49-7-2)25-27-14-16-35-36(21-27)51-26-50-35)24-33(43-54-41(3,4)5)31-22-28(12-8-10-18-45)30(13-9-11-19-46)38(39(31)42)32-23-29(47)15-17-34(32)53-42/h6,14-17,21-23,28,30,37-39,45-47H,1,7-13,18-20,24-26H2,2-5H3/t28-,30+,37-,38+,39+,42+/m0/s1. The normalized spacial score (nSPS) is 25.9. The number of ether oxygens (including phenoxy) is 5. The van der Waals surface area contributed by atoms with Gasteiger partial charge in [-0.1, -0.05) is 36.2 Å². The molecule has 2 aromatic carbocycles. The Balaban J connectivity index is 1.59. The van der Waals surface area contributed by atoms with Crippen molar-refractivity contribution in [2.75, 3.05) is 33.2 Å². The number of carbonyl (C=O) groups excluding carboxylic acids is 1. The Bertz CT molecular complexity index is 1700. The van der Waals surface area contributed by atoms with E-state index in [0.29, 0.717) is 35.8 Å². The minimum absolute atomic E-state index is 0.0357. The van der Waals surface area contributed by atoms with E-state index < -0.39 is 29.4 Å². The van der Waals surface area contributed by atoms with Crippen LogP contribution in [0.15, 0.2) is 65.9 Å². The number of aliphatic hydroxyl groups excluding tert-OH is 2. The van der Waals surface area contributed by atoms with Crippen LogP contribution in [0.1, 0.15) is 89.7 Å². The summed E-state index contributed by atoms with van der Waals surface area (Å²) in [5.74, 6) is -0.196. The number of allylic oxidation sites excluding steroid dienone is 1. The second-order valence-electron chi connectivity index (χ2n) is 15.5. The van der Waals surface area contributed by atoms with Crippen molar-refractivity contribution in [2.24, 2.45) is 22.9 Å². The van der Waals surface area contributed by atoms with Crippen LogP contribution >= 0.6 is 0 Å². The van der Waals surface area contributed by atoms with E-state index in [0.717, 1.165) is 42.4 Å². The molecular formula is C42H56N2O10. The molecule has 4 aliphatic rings. The average molecular weight is 749 g/mol. The topological polar surface area (TPSA) is 149 Å². The van der Waals surface area contributed by atoms with E-state index in [2.05, 4.69) is 12.7 Å². The highest BCUT2D eigenvalue weighted by atomic mass is 16.7. The van der Waals surface area contributed by atoms with Crippen molar-refractivity contribution in [3.8, 4) is 23.0 Å². The highest BCUT2D eigenvalue weighted by Crippen LogP contribution is 2.62. The number of rotatable bonds is 16. The first-order valence-corrected chi connectivity index (χ1v) is 19.3. The summed E-state index contributed by atoms with van der Waals surface area (Å²) in [6.07, 6.45) is 8.19. The van der Waals surface area contributed by atoms with E-state index in [4.69, 9.17) is 33.7 Å². The zero-order chi connectivity index (χ0) is 38.5. The fourth-order valence-electron chi connectivity index (χ4n) is 8.59. The molecule has 294 valence electrons. The lowest BCUT2D eigenvalue weighted by Crippen LogP contribution is -2.70. The van der Waals surface area contributed by atoms with Gasteiger partial charge in [0, 0.05) is 37.7 Å². The summed E-state index contributed by atoms with van der Waals surface area (Å²) in [6, 6.07) is 10.00. The van der Waals surface area contributed by atoms with E-state index in [1.807, 2.05) is 39.0 Å². The number of hydrogen-bond acceptors (Lipinski definition) is 11. The summed E-state index contributed by atoms with van der Waals surface area (Å²) in [7, 11) is 0. The van der Waals surface area contributed by atoms with Crippen LogP contribution in [-0.2, 0) is 20.9 Å². The Hall–Kier alpha value is -4.26. The van der Waals surface area contributed by atoms with Gasteiger partial charge in [0.25, 0.3) is 0 Å². The van der Waals surface area contributed by atoms with Gasteiger partial charge in [-0.3, -0.25) is 4.90 Å². The maximum absolute atomic E-state index is 14.3. The quantitative estimate of drug-likeness (QED) is 0.0914. The van der Waals surface area contributed by atoms with Crippen molar-refractivity contribution in [2.45, 2.75) is 103 Å². The zero-order valence-electron chi connectivity index (χ0n) is 32.0. The fraction of sp³-hybridized carbons (Fsp3) is 0.571. The second kappa shape index (κ2) is 17.0.